The molecule has 19 heavy (non-hydrogen) atoms. The molecule has 2 rings (SSSR count). The van der Waals surface area contributed by atoms with Crippen LogP contribution in [0.5, 0.6) is 0 Å². The minimum atomic E-state index is -0.358. The maximum atomic E-state index is 6.11. The van der Waals surface area contributed by atoms with E-state index in [9.17, 15) is 0 Å². The van der Waals surface area contributed by atoms with Crippen molar-refractivity contribution < 1.29 is 0 Å². The Labute approximate surface area is 131 Å². The van der Waals surface area contributed by atoms with Gasteiger partial charge in [0.25, 0.3) is 0 Å². The molecule has 1 heterocycles. The number of pyridine rings is 1. The highest BCUT2D eigenvalue weighted by Gasteiger charge is 2.14. The maximum absolute atomic E-state index is 6.11. The monoisotopic (exact) mass is 334 g/mol. The Kier molecular flexibility index (Phi) is 4.93. The van der Waals surface area contributed by atoms with Gasteiger partial charge in [-0.3, -0.25) is 4.98 Å². The third-order valence-corrected chi connectivity index (χ3v) is 3.74. The quantitative estimate of drug-likeness (QED) is 0.862. The zero-order chi connectivity index (χ0) is 14.0. The van der Waals surface area contributed by atoms with E-state index in [0.717, 1.165) is 5.56 Å². The molecule has 2 aromatic rings. The molecule has 1 aromatic carbocycles. The topological polar surface area (TPSA) is 38.9 Å². The van der Waals surface area contributed by atoms with Crippen molar-refractivity contribution in [2.45, 2.75) is 12.5 Å². The van der Waals surface area contributed by atoms with Crippen LogP contribution in [0.4, 0.5) is 0 Å². The van der Waals surface area contributed by atoms with Crippen molar-refractivity contribution in [2.24, 2.45) is 5.73 Å². The molecular formula is C13H10Cl4N2. The smallest absolute Gasteiger partial charge is 0.0761 e. The number of nitrogens with zero attached hydrogens (tertiary/aromatic N) is 1. The van der Waals surface area contributed by atoms with Crippen LogP contribution in [0.15, 0.2) is 30.5 Å². The zero-order valence-electron chi connectivity index (χ0n) is 9.71. The Balaban J connectivity index is 2.23. The van der Waals surface area contributed by atoms with Crippen molar-refractivity contribution in [1.29, 1.82) is 0 Å². The summed E-state index contributed by atoms with van der Waals surface area (Å²) < 4.78 is 0. The second kappa shape index (κ2) is 6.29. The lowest BCUT2D eigenvalue weighted by atomic mass is 10.0. The van der Waals surface area contributed by atoms with Crippen LogP contribution in [-0.4, -0.2) is 4.98 Å². The molecule has 0 saturated carbocycles. The summed E-state index contributed by atoms with van der Waals surface area (Å²) in [5, 5.41) is 2.09. The minimum Gasteiger partial charge on any atom is -0.322 e. The third-order valence-electron chi connectivity index (χ3n) is 2.64. The summed E-state index contributed by atoms with van der Waals surface area (Å²) in [6, 6.07) is 6.56. The van der Waals surface area contributed by atoms with Gasteiger partial charge in [-0.2, -0.15) is 0 Å². The van der Waals surface area contributed by atoms with Crippen LogP contribution < -0.4 is 5.73 Å². The van der Waals surface area contributed by atoms with E-state index in [1.807, 2.05) is 6.07 Å². The number of halogens is 4. The van der Waals surface area contributed by atoms with Gasteiger partial charge in [0.05, 0.1) is 21.8 Å². The number of nitrogens with two attached hydrogens (primary N) is 1. The fourth-order valence-corrected chi connectivity index (χ4v) is 2.72. The van der Waals surface area contributed by atoms with E-state index in [-0.39, 0.29) is 6.04 Å². The summed E-state index contributed by atoms with van der Waals surface area (Å²) in [7, 11) is 0. The standard InChI is InChI=1S/C13H10Cl4N2/c14-8-2-1-7(10(16)4-8)3-12(18)13-11(17)5-9(15)6-19-13/h1-2,4-6,12H,3,18H2. The van der Waals surface area contributed by atoms with Crippen molar-refractivity contribution in [3.63, 3.8) is 0 Å². The number of rotatable bonds is 3. The van der Waals surface area contributed by atoms with Gasteiger partial charge in [-0.25, -0.2) is 0 Å². The van der Waals surface area contributed by atoms with Crippen molar-refractivity contribution in [3.05, 3.63) is 61.8 Å². The van der Waals surface area contributed by atoms with Gasteiger partial charge in [0.2, 0.25) is 0 Å². The zero-order valence-corrected chi connectivity index (χ0v) is 12.7. The van der Waals surface area contributed by atoms with Crippen LogP contribution in [0.25, 0.3) is 0 Å². The molecule has 0 amide bonds. The van der Waals surface area contributed by atoms with Gasteiger partial charge >= 0.3 is 0 Å². The molecule has 2 N–H and O–H groups in total. The molecule has 0 aliphatic rings. The van der Waals surface area contributed by atoms with E-state index >= 15 is 0 Å². The van der Waals surface area contributed by atoms with Crippen molar-refractivity contribution in [2.75, 3.05) is 0 Å². The highest BCUT2D eigenvalue weighted by molar-refractivity contribution is 6.35. The Morgan fingerprint density at radius 3 is 2.32 bits per heavy atom. The first-order valence-electron chi connectivity index (χ1n) is 5.48. The van der Waals surface area contributed by atoms with Crippen LogP contribution in [0.3, 0.4) is 0 Å². The van der Waals surface area contributed by atoms with Crippen molar-refractivity contribution >= 4 is 46.4 Å². The van der Waals surface area contributed by atoms with E-state index in [2.05, 4.69) is 4.98 Å². The molecule has 0 aliphatic heterocycles. The molecule has 1 unspecified atom stereocenters. The van der Waals surface area contributed by atoms with Gasteiger partial charge in [0, 0.05) is 16.2 Å². The lowest BCUT2D eigenvalue weighted by Crippen LogP contribution is -2.15. The SMILES string of the molecule is NC(Cc1ccc(Cl)cc1Cl)c1ncc(Cl)cc1Cl. The summed E-state index contributed by atoms with van der Waals surface area (Å²) in [5.41, 5.74) is 7.59. The van der Waals surface area contributed by atoms with Crippen molar-refractivity contribution in [1.82, 2.24) is 4.98 Å². The lowest BCUT2D eigenvalue weighted by molar-refractivity contribution is 0.697. The van der Waals surface area contributed by atoms with E-state index in [1.54, 1.807) is 18.2 Å². The molecule has 1 atom stereocenters. The second-order valence-electron chi connectivity index (χ2n) is 4.07. The Morgan fingerprint density at radius 2 is 1.68 bits per heavy atom. The maximum Gasteiger partial charge on any atom is 0.0761 e. The summed E-state index contributed by atoms with van der Waals surface area (Å²) in [4.78, 5) is 4.16. The third kappa shape index (κ3) is 3.74. The first-order valence-corrected chi connectivity index (χ1v) is 6.99. The highest BCUT2D eigenvalue weighted by atomic mass is 35.5. The first-order chi connectivity index (χ1) is 8.97. The number of benzene rings is 1. The van der Waals surface area contributed by atoms with Gasteiger partial charge in [-0.1, -0.05) is 52.5 Å². The Morgan fingerprint density at radius 1 is 1.00 bits per heavy atom. The van der Waals surface area contributed by atoms with Crippen LogP contribution in [0.2, 0.25) is 20.1 Å². The van der Waals surface area contributed by atoms with Gasteiger partial charge in [0.15, 0.2) is 0 Å². The summed E-state index contributed by atoms with van der Waals surface area (Å²) in [6.45, 7) is 0. The van der Waals surface area contributed by atoms with Crippen LogP contribution in [0.1, 0.15) is 17.3 Å². The minimum absolute atomic E-state index is 0.358. The molecule has 2 nitrogen and oxygen atoms in total. The predicted molar refractivity (Wildman–Crippen MR) is 81.4 cm³/mol. The Bertz CT molecular complexity index is 601. The first kappa shape index (κ1) is 14.9. The molecule has 1 aromatic heterocycles. The van der Waals surface area contributed by atoms with Crippen LogP contribution in [0, 0.1) is 0 Å². The van der Waals surface area contributed by atoms with Crippen molar-refractivity contribution in [3.8, 4) is 0 Å². The fraction of sp³-hybridized carbons (Fsp3) is 0.154. The second-order valence-corrected chi connectivity index (χ2v) is 5.75. The average Bonchev–Trinajstić information content (AvgIpc) is 2.32. The van der Waals surface area contributed by atoms with E-state index in [1.165, 1.54) is 6.20 Å². The predicted octanol–water partition coefficient (Wildman–Crippen LogP) is 4.94. The molecule has 6 heteroatoms. The van der Waals surface area contributed by atoms with Gasteiger partial charge in [-0.15, -0.1) is 0 Å². The molecule has 0 radical (unpaired) electrons. The molecule has 0 spiro atoms. The number of hydrogen-bond acceptors (Lipinski definition) is 2. The highest BCUT2D eigenvalue weighted by Crippen LogP contribution is 2.28. The molecule has 0 fully saturated rings. The van der Waals surface area contributed by atoms with Gasteiger partial charge in [-0.05, 0) is 30.2 Å². The largest absolute Gasteiger partial charge is 0.322 e. The Hall–Kier alpha value is -0.510. The van der Waals surface area contributed by atoms with E-state index in [0.29, 0.717) is 32.2 Å². The number of hydrogen-bond donors (Lipinski definition) is 1. The summed E-state index contributed by atoms with van der Waals surface area (Å²) in [5.74, 6) is 0. The fourth-order valence-electron chi connectivity index (χ4n) is 1.72. The number of aromatic nitrogens is 1. The lowest BCUT2D eigenvalue weighted by Gasteiger charge is -2.14. The van der Waals surface area contributed by atoms with Crippen LogP contribution in [-0.2, 0) is 6.42 Å². The van der Waals surface area contributed by atoms with Crippen LogP contribution >= 0.6 is 46.4 Å². The molecule has 0 saturated heterocycles. The summed E-state index contributed by atoms with van der Waals surface area (Å²) >= 11 is 23.8. The van der Waals surface area contributed by atoms with E-state index in [4.69, 9.17) is 52.1 Å². The van der Waals surface area contributed by atoms with E-state index < -0.39 is 0 Å². The molecule has 100 valence electrons. The average molecular weight is 336 g/mol. The summed E-state index contributed by atoms with van der Waals surface area (Å²) in [6.07, 6.45) is 2.04. The molecular weight excluding hydrogens is 326 g/mol. The van der Waals surface area contributed by atoms with Gasteiger partial charge < -0.3 is 5.73 Å². The van der Waals surface area contributed by atoms with Gasteiger partial charge in [0.1, 0.15) is 0 Å². The normalized spacial score (nSPS) is 12.5. The molecule has 0 bridgehead atoms. The molecule has 0 aliphatic carbocycles.